The number of aromatic nitrogens is 2. The van der Waals surface area contributed by atoms with Gasteiger partial charge in [-0.05, 0) is 30.9 Å². The molecule has 1 N–H and O–H groups in total. The Morgan fingerprint density at radius 3 is 2.63 bits per heavy atom. The fourth-order valence-electron chi connectivity index (χ4n) is 3.88. The third-order valence-electron chi connectivity index (χ3n) is 5.63. The molecule has 1 aliphatic heterocycles. The molecule has 0 unspecified atom stereocenters. The van der Waals surface area contributed by atoms with E-state index in [2.05, 4.69) is 64.0 Å². The van der Waals surface area contributed by atoms with Crippen LogP contribution in [0.2, 0.25) is 5.15 Å². The normalized spacial score (nSPS) is 16.1. The third kappa shape index (κ3) is 5.13. The molecule has 160 valence electrons. The first-order valence-corrected chi connectivity index (χ1v) is 11.7. The van der Waals surface area contributed by atoms with E-state index in [9.17, 15) is 0 Å². The maximum atomic E-state index is 6.71. The second-order valence-corrected chi connectivity index (χ2v) is 9.15. The number of thiophene rings is 1. The van der Waals surface area contributed by atoms with Crippen molar-refractivity contribution in [2.45, 2.75) is 33.0 Å². The standard InChI is InChI=1S/C23H29ClN4OS/c1-17-5-7-19(8-6-17)16-28-23(24)20(18(2)26-28)14-25-15-21(22-4-3-13-30-22)27-9-11-29-12-10-27/h3-8,13,21,25H,9-12,14-16H2,1-2H3/t21-/m1/s1. The number of halogens is 1. The van der Waals surface area contributed by atoms with E-state index in [1.54, 1.807) is 0 Å². The number of nitrogens with zero attached hydrogens (tertiary/aromatic N) is 3. The van der Waals surface area contributed by atoms with Gasteiger partial charge in [0, 0.05) is 36.6 Å². The summed E-state index contributed by atoms with van der Waals surface area (Å²) in [5, 5.41) is 11.2. The summed E-state index contributed by atoms with van der Waals surface area (Å²) in [4.78, 5) is 3.90. The van der Waals surface area contributed by atoms with Crippen LogP contribution in [0.5, 0.6) is 0 Å². The number of aryl methyl sites for hydroxylation is 2. The Hall–Kier alpha value is -1.70. The molecule has 0 aliphatic carbocycles. The predicted molar refractivity (Wildman–Crippen MR) is 123 cm³/mol. The van der Waals surface area contributed by atoms with Crippen molar-refractivity contribution in [3.63, 3.8) is 0 Å². The summed E-state index contributed by atoms with van der Waals surface area (Å²) in [5.74, 6) is 0. The molecule has 1 atom stereocenters. The van der Waals surface area contributed by atoms with E-state index in [-0.39, 0.29) is 0 Å². The van der Waals surface area contributed by atoms with Crippen molar-refractivity contribution < 1.29 is 4.74 Å². The van der Waals surface area contributed by atoms with E-state index in [1.165, 1.54) is 16.0 Å². The van der Waals surface area contributed by atoms with Crippen LogP contribution in [0.15, 0.2) is 41.8 Å². The molecule has 0 saturated carbocycles. The largest absolute Gasteiger partial charge is 0.379 e. The maximum absolute atomic E-state index is 6.71. The molecule has 3 heterocycles. The van der Waals surface area contributed by atoms with Gasteiger partial charge >= 0.3 is 0 Å². The van der Waals surface area contributed by atoms with Crippen molar-refractivity contribution in [2.75, 3.05) is 32.8 Å². The van der Waals surface area contributed by atoms with Gasteiger partial charge in [-0.25, -0.2) is 4.68 Å². The number of hydrogen-bond acceptors (Lipinski definition) is 5. The Bertz CT molecular complexity index is 933. The lowest BCUT2D eigenvalue weighted by Gasteiger charge is -2.34. The lowest BCUT2D eigenvalue weighted by molar-refractivity contribution is 0.0168. The van der Waals surface area contributed by atoms with Gasteiger partial charge < -0.3 is 10.1 Å². The highest BCUT2D eigenvalue weighted by Gasteiger charge is 2.23. The van der Waals surface area contributed by atoms with Crippen LogP contribution in [0.1, 0.15) is 33.3 Å². The number of rotatable bonds is 8. The molecule has 7 heteroatoms. The summed E-state index contributed by atoms with van der Waals surface area (Å²) in [6.07, 6.45) is 0. The molecule has 1 fully saturated rings. The molecule has 1 aliphatic rings. The molecule has 4 rings (SSSR count). The molecule has 2 aromatic heterocycles. The summed E-state index contributed by atoms with van der Waals surface area (Å²) in [6, 6.07) is 13.2. The molecule has 0 radical (unpaired) electrons. The molecule has 5 nitrogen and oxygen atoms in total. The number of nitrogens with one attached hydrogen (secondary N) is 1. The molecule has 0 spiro atoms. The van der Waals surface area contributed by atoms with Gasteiger partial charge in [0.15, 0.2) is 0 Å². The molecular formula is C23H29ClN4OS. The first-order chi connectivity index (χ1) is 14.6. The fourth-order valence-corrected chi connectivity index (χ4v) is 5.04. The SMILES string of the molecule is Cc1ccc(Cn2nc(C)c(CNC[C@H](c3cccs3)N3CCOCC3)c2Cl)cc1. The van der Waals surface area contributed by atoms with E-state index >= 15 is 0 Å². The first-order valence-electron chi connectivity index (χ1n) is 10.4. The van der Waals surface area contributed by atoms with Gasteiger partial charge in [-0.15, -0.1) is 11.3 Å². The van der Waals surface area contributed by atoms with Gasteiger partial charge in [0.05, 0.1) is 31.5 Å². The van der Waals surface area contributed by atoms with Crippen molar-refractivity contribution in [1.82, 2.24) is 20.0 Å². The topological polar surface area (TPSA) is 42.3 Å². The maximum Gasteiger partial charge on any atom is 0.132 e. The number of hydrogen-bond donors (Lipinski definition) is 1. The van der Waals surface area contributed by atoms with Gasteiger partial charge in [0.1, 0.15) is 5.15 Å². The highest BCUT2D eigenvalue weighted by atomic mass is 35.5. The van der Waals surface area contributed by atoms with Crippen LogP contribution in [-0.4, -0.2) is 47.5 Å². The summed E-state index contributed by atoms with van der Waals surface area (Å²) < 4.78 is 7.44. The van der Waals surface area contributed by atoms with Crippen molar-refractivity contribution in [1.29, 1.82) is 0 Å². The lowest BCUT2D eigenvalue weighted by atomic mass is 10.1. The molecule has 30 heavy (non-hydrogen) atoms. The van der Waals surface area contributed by atoms with Crippen LogP contribution in [0.25, 0.3) is 0 Å². The Labute approximate surface area is 187 Å². The summed E-state index contributed by atoms with van der Waals surface area (Å²) in [6.45, 7) is 9.95. The minimum Gasteiger partial charge on any atom is -0.379 e. The lowest BCUT2D eigenvalue weighted by Crippen LogP contribution is -2.42. The van der Waals surface area contributed by atoms with E-state index < -0.39 is 0 Å². The number of benzene rings is 1. The second kappa shape index (κ2) is 10.1. The van der Waals surface area contributed by atoms with Gasteiger partial charge in [0.25, 0.3) is 0 Å². The summed E-state index contributed by atoms with van der Waals surface area (Å²) in [7, 11) is 0. The highest BCUT2D eigenvalue weighted by molar-refractivity contribution is 7.10. The van der Waals surface area contributed by atoms with Crippen molar-refractivity contribution >= 4 is 22.9 Å². The molecule has 0 bridgehead atoms. The smallest absolute Gasteiger partial charge is 0.132 e. The summed E-state index contributed by atoms with van der Waals surface area (Å²) in [5.41, 5.74) is 4.52. The quantitative estimate of drug-likeness (QED) is 0.558. The predicted octanol–water partition coefficient (Wildman–Crippen LogP) is 4.43. The second-order valence-electron chi connectivity index (χ2n) is 7.81. The average molecular weight is 445 g/mol. The van der Waals surface area contributed by atoms with E-state index in [0.717, 1.165) is 49.3 Å². The van der Waals surface area contributed by atoms with E-state index in [0.29, 0.717) is 19.1 Å². The molecule has 0 amide bonds. The van der Waals surface area contributed by atoms with Crippen molar-refractivity contribution in [2.24, 2.45) is 0 Å². The Morgan fingerprint density at radius 2 is 1.93 bits per heavy atom. The van der Waals surface area contributed by atoms with Crippen LogP contribution < -0.4 is 5.32 Å². The zero-order chi connectivity index (χ0) is 20.9. The Morgan fingerprint density at radius 1 is 1.17 bits per heavy atom. The van der Waals surface area contributed by atoms with Gasteiger partial charge in [-0.2, -0.15) is 5.10 Å². The van der Waals surface area contributed by atoms with Gasteiger partial charge in [0.2, 0.25) is 0 Å². The molecular weight excluding hydrogens is 416 g/mol. The Kier molecular flexibility index (Phi) is 7.23. The average Bonchev–Trinajstić information content (AvgIpc) is 3.37. The van der Waals surface area contributed by atoms with E-state index in [1.807, 2.05) is 22.9 Å². The third-order valence-corrected chi connectivity index (χ3v) is 7.03. The molecule has 1 aromatic carbocycles. The van der Waals surface area contributed by atoms with Crippen LogP contribution in [0.4, 0.5) is 0 Å². The molecule has 1 saturated heterocycles. The zero-order valence-corrected chi connectivity index (χ0v) is 19.2. The summed E-state index contributed by atoms with van der Waals surface area (Å²) >= 11 is 8.53. The van der Waals surface area contributed by atoms with Crippen LogP contribution >= 0.6 is 22.9 Å². The highest BCUT2D eigenvalue weighted by Crippen LogP contribution is 2.26. The number of morpholine rings is 1. The zero-order valence-electron chi connectivity index (χ0n) is 17.6. The number of ether oxygens (including phenoxy) is 1. The Balaban J connectivity index is 1.41. The first kappa shape index (κ1) is 21.5. The minimum atomic E-state index is 0.357. The van der Waals surface area contributed by atoms with Gasteiger partial charge in [-0.3, -0.25) is 4.90 Å². The van der Waals surface area contributed by atoms with Crippen molar-refractivity contribution in [3.05, 3.63) is 74.2 Å². The minimum absolute atomic E-state index is 0.357. The fraction of sp³-hybridized carbons (Fsp3) is 0.435. The van der Waals surface area contributed by atoms with Gasteiger partial charge in [-0.1, -0.05) is 47.5 Å². The molecule has 3 aromatic rings. The van der Waals surface area contributed by atoms with Crippen LogP contribution in [-0.2, 0) is 17.8 Å². The van der Waals surface area contributed by atoms with Crippen LogP contribution in [0, 0.1) is 13.8 Å². The van der Waals surface area contributed by atoms with Crippen LogP contribution in [0.3, 0.4) is 0 Å². The monoisotopic (exact) mass is 444 g/mol. The van der Waals surface area contributed by atoms with E-state index in [4.69, 9.17) is 16.3 Å². The van der Waals surface area contributed by atoms with Crippen molar-refractivity contribution in [3.8, 4) is 0 Å².